The van der Waals surface area contributed by atoms with Crippen LogP contribution in [0.15, 0.2) is 24.3 Å². The molecule has 1 atom stereocenters. The highest BCUT2D eigenvalue weighted by molar-refractivity contribution is 7.99. The number of halogens is 1. The maximum absolute atomic E-state index is 13.6. The molecule has 1 aromatic carbocycles. The molecule has 1 fully saturated rings. The summed E-state index contributed by atoms with van der Waals surface area (Å²) in [7, 11) is 1.98. The van der Waals surface area contributed by atoms with Gasteiger partial charge in [0, 0.05) is 17.0 Å². The van der Waals surface area contributed by atoms with Gasteiger partial charge < -0.3 is 5.32 Å². The van der Waals surface area contributed by atoms with Crippen LogP contribution in [0.25, 0.3) is 0 Å². The van der Waals surface area contributed by atoms with Gasteiger partial charge in [0.1, 0.15) is 5.82 Å². The molecule has 1 aliphatic carbocycles. The number of hydrogen-bond acceptors (Lipinski definition) is 2. The van der Waals surface area contributed by atoms with E-state index in [-0.39, 0.29) is 5.82 Å². The van der Waals surface area contributed by atoms with Crippen LogP contribution in [0.3, 0.4) is 0 Å². The van der Waals surface area contributed by atoms with Crippen LogP contribution in [-0.2, 0) is 6.42 Å². The molecule has 0 spiro atoms. The van der Waals surface area contributed by atoms with Gasteiger partial charge in [0.15, 0.2) is 0 Å². The summed E-state index contributed by atoms with van der Waals surface area (Å²) in [6.07, 6.45) is 7.68. The van der Waals surface area contributed by atoms with E-state index >= 15 is 0 Å². The average molecular weight is 281 g/mol. The van der Waals surface area contributed by atoms with Crippen molar-refractivity contribution in [3.05, 3.63) is 35.6 Å². The third kappa shape index (κ3) is 4.81. The Balaban J connectivity index is 1.81. The van der Waals surface area contributed by atoms with Gasteiger partial charge in [-0.15, -0.1) is 0 Å². The molecule has 1 aromatic rings. The Labute approximate surface area is 120 Å². The molecule has 0 bridgehead atoms. The van der Waals surface area contributed by atoms with E-state index in [4.69, 9.17) is 0 Å². The predicted octanol–water partition coefficient (Wildman–Crippen LogP) is 4.02. The number of nitrogens with one attached hydrogen (secondary N) is 1. The molecule has 0 heterocycles. The maximum Gasteiger partial charge on any atom is 0.126 e. The second-order valence-corrected chi connectivity index (χ2v) is 6.71. The molecule has 0 radical (unpaired) electrons. The minimum atomic E-state index is -0.0783. The van der Waals surface area contributed by atoms with Crippen LogP contribution in [0.1, 0.15) is 37.7 Å². The molecular formula is C16H24FNS. The number of likely N-dealkylation sites (N-methyl/N-ethyl adjacent to an activating group) is 1. The summed E-state index contributed by atoms with van der Waals surface area (Å²) in [6, 6.07) is 7.48. The molecule has 3 heteroatoms. The molecule has 1 saturated carbocycles. The zero-order valence-electron chi connectivity index (χ0n) is 11.7. The normalized spacial score (nSPS) is 18.4. The lowest BCUT2D eigenvalue weighted by atomic mass is 10.0. The van der Waals surface area contributed by atoms with E-state index in [0.717, 1.165) is 23.0 Å². The van der Waals surface area contributed by atoms with Gasteiger partial charge in [0.2, 0.25) is 0 Å². The van der Waals surface area contributed by atoms with Gasteiger partial charge in [-0.3, -0.25) is 0 Å². The molecule has 0 aliphatic heterocycles. The van der Waals surface area contributed by atoms with Gasteiger partial charge >= 0.3 is 0 Å². The van der Waals surface area contributed by atoms with E-state index in [1.807, 2.05) is 19.2 Å². The van der Waals surface area contributed by atoms with Crippen LogP contribution < -0.4 is 5.32 Å². The minimum absolute atomic E-state index is 0.0783. The van der Waals surface area contributed by atoms with E-state index in [2.05, 4.69) is 17.1 Å². The lowest BCUT2D eigenvalue weighted by Crippen LogP contribution is -2.31. The highest BCUT2D eigenvalue weighted by Gasteiger charge is 2.17. The van der Waals surface area contributed by atoms with Crippen molar-refractivity contribution in [1.29, 1.82) is 0 Å². The molecule has 2 rings (SSSR count). The van der Waals surface area contributed by atoms with Crippen molar-refractivity contribution in [2.24, 2.45) is 0 Å². The molecular weight excluding hydrogens is 257 g/mol. The van der Waals surface area contributed by atoms with Crippen molar-refractivity contribution in [3.8, 4) is 0 Å². The third-order valence-electron chi connectivity index (χ3n) is 3.92. The average Bonchev–Trinajstić information content (AvgIpc) is 2.46. The zero-order chi connectivity index (χ0) is 13.5. The monoisotopic (exact) mass is 281 g/mol. The molecule has 106 valence electrons. The molecule has 1 N–H and O–H groups in total. The highest BCUT2D eigenvalue weighted by atomic mass is 32.2. The van der Waals surface area contributed by atoms with Gasteiger partial charge in [0.05, 0.1) is 0 Å². The largest absolute Gasteiger partial charge is 0.316 e. The molecule has 1 nitrogen and oxygen atoms in total. The Morgan fingerprint density at radius 3 is 2.68 bits per heavy atom. The summed E-state index contributed by atoms with van der Waals surface area (Å²) in [4.78, 5) is 0. The third-order valence-corrected chi connectivity index (χ3v) is 5.46. The summed E-state index contributed by atoms with van der Waals surface area (Å²) in [5.41, 5.74) is 0.825. The lowest BCUT2D eigenvalue weighted by Gasteiger charge is -2.24. The van der Waals surface area contributed by atoms with Crippen molar-refractivity contribution >= 4 is 11.8 Å². The Hall–Kier alpha value is -0.540. The van der Waals surface area contributed by atoms with Crippen LogP contribution in [0.5, 0.6) is 0 Å². The number of benzene rings is 1. The van der Waals surface area contributed by atoms with Crippen LogP contribution in [0, 0.1) is 5.82 Å². The summed E-state index contributed by atoms with van der Waals surface area (Å²) in [5, 5.41) is 4.15. The first-order chi connectivity index (χ1) is 9.29. The van der Waals surface area contributed by atoms with Gasteiger partial charge in [-0.05, 0) is 37.9 Å². The zero-order valence-corrected chi connectivity index (χ0v) is 12.5. The number of thioether (sulfide) groups is 1. The fourth-order valence-electron chi connectivity index (χ4n) is 2.66. The highest BCUT2D eigenvalue weighted by Crippen LogP contribution is 2.28. The predicted molar refractivity (Wildman–Crippen MR) is 82.3 cm³/mol. The molecule has 0 aromatic heterocycles. The van der Waals surface area contributed by atoms with E-state index in [9.17, 15) is 4.39 Å². The van der Waals surface area contributed by atoms with E-state index in [0.29, 0.717) is 6.04 Å². The smallest absolute Gasteiger partial charge is 0.126 e. The Morgan fingerprint density at radius 1 is 1.26 bits per heavy atom. The molecule has 0 saturated heterocycles. The van der Waals surface area contributed by atoms with Crippen molar-refractivity contribution in [1.82, 2.24) is 5.32 Å². The van der Waals surface area contributed by atoms with Gasteiger partial charge in [-0.25, -0.2) is 4.39 Å². The van der Waals surface area contributed by atoms with Crippen molar-refractivity contribution < 1.29 is 4.39 Å². The first kappa shape index (κ1) is 14.9. The second kappa shape index (κ2) is 7.91. The SMILES string of the molecule is CNC(CSC1CCCCC1)Cc1ccccc1F. The van der Waals surface area contributed by atoms with Crippen molar-refractivity contribution in [3.63, 3.8) is 0 Å². The first-order valence-electron chi connectivity index (χ1n) is 7.32. The first-order valence-corrected chi connectivity index (χ1v) is 8.36. The summed E-state index contributed by atoms with van der Waals surface area (Å²) < 4.78 is 13.6. The number of rotatable bonds is 6. The topological polar surface area (TPSA) is 12.0 Å². The molecule has 19 heavy (non-hydrogen) atoms. The molecule has 1 aliphatic rings. The van der Waals surface area contributed by atoms with Gasteiger partial charge in [-0.2, -0.15) is 11.8 Å². The minimum Gasteiger partial charge on any atom is -0.316 e. The summed E-state index contributed by atoms with van der Waals surface area (Å²) in [5.74, 6) is 1.00. The number of hydrogen-bond donors (Lipinski definition) is 1. The van der Waals surface area contributed by atoms with Gasteiger partial charge in [0.25, 0.3) is 0 Å². The molecule has 1 unspecified atom stereocenters. The van der Waals surface area contributed by atoms with E-state index in [1.54, 1.807) is 12.1 Å². The Bertz CT molecular complexity index is 377. The second-order valence-electron chi connectivity index (χ2n) is 5.37. The quantitative estimate of drug-likeness (QED) is 0.845. The van der Waals surface area contributed by atoms with E-state index in [1.165, 1.54) is 32.1 Å². The van der Waals surface area contributed by atoms with Crippen LogP contribution in [0.4, 0.5) is 4.39 Å². The van der Waals surface area contributed by atoms with Crippen LogP contribution >= 0.6 is 11.8 Å². The van der Waals surface area contributed by atoms with Crippen molar-refractivity contribution in [2.45, 2.75) is 49.8 Å². The van der Waals surface area contributed by atoms with Crippen molar-refractivity contribution in [2.75, 3.05) is 12.8 Å². The summed E-state index contributed by atoms with van der Waals surface area (Å²) in [6.45, 7) is 0. The maximum atomic E-state index is 13.6. The lowest BCUT2D eigenvalue weighted by molar-refractivity contribution is 0.513. The van der Waals surface area contributed by atoms with E-state index < -0.39 is 0 Å². The fraction of sp³-hybridized carbons (Fsp3) is 0.625. The Kier molecular flexibility index (Phi) is 6.18. The fourth-order valence-corrected chi connectivity index (χ4v) is 4.11. The van der Waals surface area contributed by atoms with Crippen LogP contribution in [0.2, 0.25) is 0 Å². The van der Waals surface area contributed by atoms with Gasteiger partial charge in [-0.1, -0.05) is 37.5 Å². The Morgan fingerprint density at radius 2 is 2.00 bits per heavy atom. The summed E-state index contributed by atoms with van der Waals surface area (Å²) >= 11 is 2.07. The standard InChI is InChI=1S/C16H24FNS/c1-18-14(11-13-7-5-6-10-16(13)17)12-19-15-8-3-2-4-9-15/h5-7,10,14-15,18H,2-4,8-9,11-12H2,1H3. The molecule has 0 amide bonds. The van der Waals surface area contributed by atoms with Crippen LogP contribution in [-0.4, -0.2) is 24.1 Å².